The van der Waals surface area contributed by atoms with Crippen molar-refractivity contribution in [2.24, 2.45) is 11.8 Å². The molecule has 2 rings (SSSR count). The number of hydrogen-bond donors (Lipinski definition) is 1. The monoisotopic (exact) mass is 302 g/mol. The standard InChI is InChI=1S/C18H26N2O2/c1-12(2)9-17(21)19-16-6-5-14-7-8-20(11-15(14)10-16)18(22)13(3)4/h5-6,10,12-13H,7-9,11H2,1-4H3,(H,19,21). The number of nitrogens with one attached hydrogen (secondary N) is 1. The van der Waals surface area contributed by atoms with Crippen LogP contribution in [-0.4, -0.2) is 23.3 Å². The van der Waals surface area contributed by atoms with Crippen LogP contribution in [0.2, 0.25) is 0 Å². The highest BCUT2D eigenvalue weighted by Gasteiger charge is 2.22. The summed E-state index contributed by atoms with van der Waals surface area (Å²) in [4.78, 5) is 25.9. The van der Waals surface area contributed by atoms with Crippen LogP contribution in [0.5, 0.6) is 0 Å². The molecule has 120 valence electrons. The Hall–Kier alpha value is -1.84. The van der Waals surface area contributed by atoms with Crippen molar-refractivity contribution in [2.75, 3.05) is 11.9 Å². The van der Waals surface area contributed by atoms with E-state index in [2.05, 4.69) is 11.4 Å². The lowest BCUT2D eigenvalue weighted by Crippen LogP contribution is -2.38. The molecular formula is C18H26N2O2. The van der Waals surface area contributed by atoms with Gasteiger partial charge in [-0.15, -0.1) is 0 Å². The molecule has 0 aliphatic carbocycles. The maximum Gasteiger partial charge on any atom is 0.225 e. The Morgan fingerprint density at radius 3 is 2.55 bits per heavy atom. The first-order valence-corrected chi connectivity index (χ1v) is 8.07. The normalized spacial score (nSPS) is 14.2. The summed E-state index contributed by atoms with van der Waals surface area (Å²) in [5.74, 6) is 0.605. The lowest BCUT2D eigenvalue weighted by atomic mass is 9.98. The Kier molecular flexibility index (Phi) is 5.22. The first kappa shape index (κ1) is 16.5. The first-order valence-electron chi connectivity index (χ1n) is 8.07. The van der Waals surface area contributed by atoms with E-state index in [1.165, 1.54) is 5.56 Å². The molecule has 0 saturated carbocycles. The van der Waals surface area contributed by atoms with E-state index in [4.69, 9.17) is 0 Å². The van der Waals surface area contributed by atoms with Crippen molar-refractivity contribution < 1.29 is 9.59 Å². The average molecular weight is 302 g/mol. The zero-order chi connectivity index (χ0) is 16.3. The molecule has 4 heteroatoms. The molecule has 1 aliphatic rings. The van der Waals surface area contributed by atoms with E-state index in [9.17, 15) is 9.59 Å². The number of hydrogen-bond acceptors (Lipinski definition) is 2. The molecule has 0 saturated heterocycles. The van der Waals surface area contributed by atoms with Crippen LogP contribution in [0, 0.1) is 11.8 Å². The second-order valence-corrected chi connectivity index (χ2v) is 6.79. The van der Waals surface area contributed by atoms with Crippen LogP contribution in [0.15, 0.2) is 18.2 Å². The topological polar surface area (TPSA) is 49.4 Å². The van der Waals surface area contributed by atoms with Gasteiger partial charge in [0.15, 0.2) is 0 Å². The molecule has 1 heterocycles. The van der Waals surface area contributed by atoms with Crippen molar-refractivity contribution in [2.45, 2.75) is 47.1 Å². The summed E-state index contributed by atoms with van der Waals surface area (Å²) in [5, 5.41) is 2.95. The number of fused-ring (bicyclic) bond motifs is 1. The highest BCUT2D eigenvalue weighted by atomic mass is 16.2. The maximum atomic E-state index is 12.1. The fraction of sp³-hybridized carbons (Fsp3) is 0.556. The lowest BCUT2D eigenvalue weighted by Gasteiger charge is -2.30. The van der Waals surface area contributed by atoms with Crippen LogP contribution < -0.4 is 5.32 Å². The van der Waals surface area contributed by atoms with Gasteiger partial charge in [0, 0.05) is 31.1 Å². The summed E-state index contributed by atoms with van der Waals surface area (Å²) in [5.41, 5.74) is 3.24. The Morgan fingerprint density at radius 1 is 1.18 bits per heavy atom. The minimum atomic E-state index is 0.0236. The van der Waals surface area contributed by atoms with Crippen molar-refractivity contribution in [1.82, 2.24) is 4.90 Å². The lowest BCUT2D eigenvalue weighted by molar-refractivity contribution is -0.135. The third-order valence-electron chi connectivity index (χ3n) is 3.90. The SMILES string of the molecule is CC(C)CC(=O)Nc1ccc2c(c1)CN(C(=O)C(C)C)CC2. The number of amides is 2. The molecule has 0 atom stereocenters. The fourth-order valence-electron chi connectivity index (χ4n) is 2.77. The van der Waals surface area contributed by atoms with Gasteiger partial charge in [0.05, 0.1) is 0 Å². The van der Waals surface area contributed by atoms with Crippen molar-refractivity contribution in [3.05, 3.63) is 29.3 Å². The summed E-state index contributed by atoms with van der Waals surface area (Å²) < 4.78 is 0. The van der Waals surface area contributed by atoms with Crippen molar-refractivity contribution in [3.63, 3.8) is 0 Å². The molecule has 0 spiro atoms. The molecule has 2 amide bonds. The van der Waals surface area contributed by atoms with Gasteiger partial charge >= 0.3 is 0 Å². The van der Waals surface area contributed by atoms with E-state index >= 15 is 0 Å². The van der Waals surface area contributed by atoms with E-state index in [-0.39, 0.29) is 17.7 Å². The van der Waals surface area contributed by atoms with Crippen molar-refractivity contribution in [1.29, 1.82) is 0 Å². The second-order valence-electron chi connectivity index (χ2n) is 6.79. The summed E-state index contributed by atoms with van der Waals surface area (Å²) in [6.45, 7) is 9.34. The zero-order valence-electron chi connectivity index (χ0n) is 14.0. The van der Waals surface area contributed by atoms with E-state index in [1.807, 2.05) is 44.7 Å². The van der Waals surface area contributed by atoms with Gasteiger partial charge in [-0.2, -0.15) is 0 Å². The molecule has 1 aromatic rings. The molecule has 0 bridgehead atoms. The third-order valence-corrected chi connectivity index (χ3v) is 3.90. The third kappa shape index (κ3) is 4.09. The smallest absolute Gasteiger partial charge is 0.225 e. The average Bonchev–Trinajstić information content (AvgIpc) is 2.44. The highest BCUT2D eigenvalue weighted by Crippen LogP contribution is 2.24. The van der Waals surface area contributed by atoms with Crippen molar-refractivity contribution >= 4 is 17.5 Å². The molecule has 1 aromatic carbocycles. The Labute approximate surface area is 132 Å². The van der Waals surface area contributed by atoms with Gasteiger partial charge in [-0.1, -0.05) is 33.8 Å². The molecule has 1 aliphatic heterocycles. The first-order chi connectivity index (χ1) is 10.4. The quantitative estimate of drug-likeness (QED) is 0.928. The molecule has 1 N–H and O–H groups in total. The molecular weight excluding hydrogens is 276 g/mol. The van der Waals surface area contributed by atoms with E-state index < -0.39 is 0 Å². The Morgan fingerprint density at radius 2 is 1.91 bits per heavy atom. The molecule has 4 nitrogen and oxygen atoms in total. The van der Waals surface area contributed by atoms with Crippen LogP contribution in [-0.2, 0) is 22.6 Å². The Bertz CT molecular complexity index is 564. The fourth-order valence-corrected chi connectivity index (χ4v) is 2.77. The number of nitrogens with zero attached hydrogens (tertiary/aromatic N) is 1. The zero-order valence-corrected chi connectivity index (χ0v) is 14.0. The van der Waals surface area contributed by atoms with Crippen LogP contribution in [0.1, 0.15) is 45.2 Å². The molecule has 0 aromatic heterocycles. The Balaban J connectivity index is 2.09. The number of anilines is 1. The second kappa shape index (κ2) is 6.95. The van der Waals surface area contributed by atoms with Gasteiger partial charge in [-0.05, 0) is 35.6 Å². The molecule has 0 unspecified atom stereocenters. The van der Waals surface area contributed by atoms with Gasteiger partial charge < -0.3 is 10.2 Å². The number of benzene rings is 1. The number of rotatable bonds is 4. The summed E-state index contributed by atoms with van der Waals surface area (Å²) in [7, 11) is 0. The maximum absolute atomic E-state index is 12.1. The molecule has 22 heavy (non-hydrogen) atoms. The highest BCUT2D eigenvalue weighted by molar-refractivity contribution is 5.91. The van der Waals surface area contributed by atoms with Crippen LogP contribution in [0.3, 0.4) is 0 Å². The van der Waals surface area contributed by atoms with Crippen molar-refractivity contribution in [3.8, 4) is 0 Å². The number of carbonyl (C=O) groups is 2. The van der Waals surface area contributed by atoms with Gasteiger partial charge in [0.25, 0.3) is 0 Å². The van der Waals surface area contributed by atoms with E-state index in [0.29, 0.717) is 18.9 Å². The van der Waals surface area contributed by atoms with E-state index in [1.54, 1.807) is 0 Å². The van der Waals surface area contributed by atoms with Gasteiger partial charge in [-0.3, -0.25) is 9.59 Å². The van der Waals surface area contributed by atoms with Gasteiger partial charge in [-0.25, -0.2) is 0 Å². The van der Waals surface area contributed by atoms with Crippen LogP contribution >= 0.6 is 0 Å². The summed E-state index contributed by atoms with van der Waals surface area (Å²) in [6.07, 6.45) is 1.41. The largest absolute Gasteiger partial charge is 0.338 e. The minimum absolute atomic E-state index is 0.0236. The predicted octanol–water partition coefficient (Wildman–Crippen LogP) is 3.21. The summed E-state index contributed by atoms with van der Waals surface area (Å²) in [6, 6.07) is 6.03. The van der Waals surface area contributed by atoms with Crippen LogP contribution in [0.4, 0.5) is 5.69 Å². The summed E-state index contributed by atoms with van der Waals surface area (Å²) >= 11 is 0. The van der Waals surface area contributed by atoms with Crippen LogP contribution in [0.25, 0.3) is 0 Å². The van der Waals surface area contributed by atoms with Gasteiger partial charge in [0.2, 0.25) is 11.8 Å². The number of carbonyl (C=O) groups excluding carboxylic acids is 2. The minimum Gasteiger partial charge on any atom is -0.338 e. The predicted molar refractivity (Wildman–Crippen MR) is 88.5 cm³/mol. The molecule has 0 fully saturated rings. The molecule has 0 radical (unpaired) electrons. The van der Waals surface area contributed by atoms with E-state index in [0.717, 1.165) is 24.2 Å². The van der Waals surface area contributed by atoms with Gasteiger partial charge in [0.1, 0.15) is 0 Å².